The number of fused-ring (bicyclic) bond motifs is 1. The Balaban J connectivity index is 1.27. The summed E-state index contributed by atoms with van der Waals surface area (Å²) in [6.07, 6.45) is 5.93. The molecule has 4 heterocycles. The molecule has 2 aromatic carbocycles. The molecule has 42 heavy (non-hydrogen) atoms. The molecular weight excluding hydrogens is 533 g/mol. The van der Waals surface area contributed by atoms with E-state index in [-0.39, 0.29) is 5.56 Å². The average molecular weight is 560 g/mol. The van der Waals surface area contributed by atoms with Crippen molar-refractivity contribution in [1.29, 1.82) is 0 Å². The molecule has 6 rings (SSSR count). The van der Waals surface area contributed by atoms with Crippen LogP contribution in [0.1, 0.15) is 21.5 Å². The summed E-state index contributed by atoms with van der Waals surface area (Å²) < 4.78 is 16.3. The Bertz CT molecular complexity index is 1890. The largest absolute Gasteiger partial charge is 0.504 e. The van der Waals surface area contributed by atoms with Crippen LogP contribution in [-0.4, -0.2) is 42.4 Å². The lowest BCUT2D eigenvalue weighted by molar-refractivity contribution is 0.112. The van der Waals surface area contributed by atoms with Gasteiger partial charge in [0.1, 0.15) is 11.3 Å². The van der Waals surface area contributed by atoms with E-state index in [1.165, 1.54) is 12.1 Å². The van der Waals surface area contributed by atoms with Crippen LogP contribution >= 0.6 is 0 Å². The number of benzene rings is 2. The van der Waals surface area contributed by atoms with Crippen LogP contribution in [0.25, 0.3) is 39.5 Å². The summed E-state index contributed by atoms with van der Waals surface area (Å²) in [5.41, 5.74) is 12.2. The molecule has 0 unspecified atom stereocenters. The number of aldehydes is 1. The lowest BCUT2D eigenvalue weighted by Crippen LogP contribution is -2.17. The van der Waals surface area contributed by atoms with Crippen LogP contribution < -0.4 is 11.1 Å². The van der Waals surface area contributed by atoms with Gasteiger partial charge in [-0.15, -0.1) is 0 Å². The third kappa shape index (κ3) is 5.18. The van der Waals surface area contributed by atoms with E-state index in [0.717, 1.165) is 22.5 Å². The molecule has 0 aliphatic carbocycles. The fraction of sp³-hybridized carbons (Fsp3) is 0.0938. The normalized spacial score (nSPS) is 11.2. The van der Waals surface area contributed by atoms with Crippen LogP contribution in [0.4, 0.5) is 10.2 Å². The predicted molar refractivity (Wildman–Crippen MR) is 159 cm³/mol. The Morgan fingerprint density at radius 2 is 1.81 bits per heavy atom. The Hall–Kier alpha value is -5.48. The van der Waals surface area contributed by atoms with Gasteiger partial charge >= 0.3 is 0 Å². The second-order valence-corrected chi connectivity index (χ2v) is 9.68. The first-order valence-electron chi connectivity index (χ1n) is 13.3. The van der Waals surface area contributed by atoms with Crippen LogP contribution in [0.5, 0.6) is 5.75 Å². The topological polar surface area (TPSA) is 132 Å². The van der Waals surface area contributed by atoms with Gasteiger partial charge in [0, 0.05) is 36.4 Å². The minimum absolute atomic E-state index is 0.0622. The Morgan fingerprint density at radius 1 is 0.976 bits per heavy atom. The quantitative estimate of drug-likeness (QED) is 0.164. The van der Waals surface area contributed by atoms with Crippen LogP contribution in [0.2, 0.25) is 0 Å². The van der Waals surface area contributed by atoms with Crippen molar-refractivity contribution in [3.63, 3.8) is 0 Å². The van der Waals surface area contributed by atoms with E-state index in [1.54, 1.807) is 18.6 Å². The summed E-state index contributed by atoms with van der Waals surface area (Å²) in [6.45, 7) is 1.03. The average Bonchev–Trinajstić information content (AvgIpc) is 3.41. The number of nitrogens with zero attached hydrogens (tertiary/aromatic N) is 5. The van der Waals surface area contributed by atoms with Crippen molar-refractivity contribution in [3.8, 4) is 34.1 Å². The number of phenolic OH excluding ortho intramolecular Hbond substituents is 1. The number of nitrogen functional groups attached to an aromatic ring is 1. The van der Waals surface area contributed by atoms with Gasteiger partial charge in [-0.1, -0.05) is 18.2 Å². The predicted octanol–water partition coefficient (Wildman–Crippen LogP) is 5.12. The molecule has 6 aromatic rings. The number of hydrogen-bond acceptors (Lipinski definition) is 8. The SMILES string of the molecule is Nc1ncccc1-c1nc2ccc(-c3cccnc3)nc2n1-c1ccc(CNCCc2ccc(C=O)c(O)c2F)cc1. The highest BCUT2D eigenvalue weighted by Crippen LogP contribution is 2.31. The second-order valence-electron chi connectivity index (χ2n) is 9.68. The maximum Gasteiger partial charge on any atom is 0.168 e. The number of pyridine rings is 3. The Morgan fingerprint density at radius 3 is 2.57 bits per heavy atom. The van der Waals surface area contributed by atoms with Crippen LogP contribution in [0, 0.1) is 5.82 Å². The lowest BCUT2D eigenvalue weighted by Gasteiger charge is -2.12. The van der Waals surface area contributed by atoms with Gasteiger partial charge in [0.25, 0.3) is 0 Å². The molecule has 0 fully saturated rings. The minimum Gasteiger partial charge on any atom is -0.504 e. The van der Waals surface area contributed by atoms with E-state index in [1.807, 2.05) is 65.2 Å². The molecule has 4 N–H and O–H groups in total. The summed E-state index contributed by atoms with van der Waals surface area (Å²) in [4.78, 5) is 29.2. The highest BCUT2D eigenvalue weighted by Gasteiger charge is 2.19. The van der Waals surface area contributed by atoms with Crippen molar-refractivity contribution in [2.45, 2.75) is 13.0 Å². The van der Waals surface area contributed by atoms with Gasteiger partial charge in [-0.3, -0.25) is 14.3 Å². The van der Waals surface area contributed by atoms with E-state index in [4.69, 9.17) is 15.7 Å². The molecule has 10 heteroatoms. The second kappa shape index (κ2) is 11.6. The Labute approximate surface area is 240 Å². The minimum atomic E-state index is -0.760. The van der Waals surface area contributed by atoms with E-state index >= 15 is 0 Å². The van der Waals surface area contributed by atoms with Crippen LogP contribution in [0.15, 0.2) is 91.4 Å². The number of imidazole rings is 1. The lowest BCUT2D eigenvalue weighted by atomic mass is 10.1. The number of anilines is 1. The Kier molecular flexibility index (Phi) is 7.35. The van der Waals surface area contributed by atoms with Crippen molar-refractivity contribution in [2.75, 3.05) is 12.3 Å². The molecule has 208 valence electrons. The number of carbonyl (C=O) groups is 1. The van der Waals surface area contributed by atoms with Crippen molar-refractivity contribution >= 4 is 23.3 Å². The summed E-state index contributed by atoms with van der Waals surface area (Å²) in [5.74, 6) is -0.376. The highest BCUT2D eigenvalue weighted by atomic mass is 19.1. The molecule has 0 aliphatic rings. The maximum absolute atomic E-state index is 14.3. The molecule has 0 amide bonds. The standard InChI is InChI=1S/C32H26FN7O2/c33-28-21(7-8-23(19-41)29(28)42)13-16-36-17-20-5-9-24(10-6-20)40-31(25-4-2-15-37-30(25)34)39-27-12-11-26(38-32(27)40)22-3-1-14-35-18-22/h1-12,14-15,18-19,36,42H,13,16-17H2,(H2,34,37). The maximum atomic E-state index is 14.3. The molecular formula is C32H26FN7O2. The van der Waals surface area contributed by atoms with Crippen LogP contribution in [0.3, 0.4) is 0 Å². The van der Waals surface area contributed by atoms with Gasteiger partial charge in [-0.05, 0) is 78.7 Å². The van der Waals surface area contributed by atoms with Gasteiger partial charge in [0.15, 0.2) is 29.3 Å². The molecule has 0 bridgehead atoms. The number of halogens is 1. The molecule has 0 saturated carbocycles. The molecule has 0 aliphatic heterocycles. The third-order valence-corrected chi connectivity index (χ3v) is 6.99. The van der Waals surface area contributed by atoms with Crippen LogP contribution in [-0.2, 0) is 13.0 Å². The van der Waals surface area contributed by atoms with Crippen molar-refractivity contribution < 1.29 is 14.3 Å². The van der Waals surface area contributed by atoms with E-state index < -0.39 is 11.6 Å². The number of rotatable bonds is 9. The number of nitrogens with one attached hydrogen (secondary N) is 1. The smallest absolute Gasteiger partial charge is 0.168 e. The zero-order valence-electron chi connectivity index (χ0n) is 22.4. The number of phenols is 1. The van der Waals surface area contributed by atoms with E-state index in [9.17, 15) is 14.3 Å². The van der Waals surface area contributed by atoms with Crippen molar-refractivity contribution in [2.24, 2.45) is 0 Å². The monoisotopic (exact) mass is 559 g/mol. The first kappa shape index (κ1) is 26.7. The zero-order valence-corrected chi connectivity index (χ0v) is 22.4. The third-order valence-electron chi connectivity index (χ3n) is 6.99. The molecule has 0 radical (unpaired) electrons. The fourth-order valence-electron chi connectivity index (χ4n) is 4.79. The molecule has 9 nitrogen and oxygen atoms in total. The first-order valence-corrected chi connectivity index (χ1v) is 13.3. The van der Waals surface area contributed by atoms with Gasteiger partial charge in [0.05, 0.1) is 16.8 Å². The fourth-order valence-corrected chi connectivity index (χ4v) is 4.79. The molecule has 0 atom stereocenters. The van der Waals surface area contributed by atoms with Gasteiger partial charge in [-0.2, -0.15) is 0 Å². The number of carbonyl (C=O) groups excluding carboxylic acids is 1. The van der Waals surface area contributed by atoms with Crippen molar-refractivity contribution in [3.05, 3.63) is 114 Å². The molecule has 0 spiro atoms. The van der Waals surface area contributed by atoms with Crippen molar-refractivity contribution in [1.82, 2.24) is 29.8 Å². The molecule has 0 saturated heterocycles. The molecule has 4 aromatic heterocycles. The summed E-state index contributed by atoms with van der Waals surface area (Å²) in [5, 5.41) is 13.1. The van der Waals surface area contributed by atoms with Gasteiger partial charge in [0.2, 0.25) is 0 Å². The number of aromatic nitrogens is 5. The summed E-state index contributed by atoms with van der Waals surface area (Å²) in [7, 11) is 0. The number of hydrogen-bond donors (Lipinski definition) is 3. The number of nitrogens with two attached hydrogens (primary N) is 1. The van der Waals surface area contributed by atoms with E-state index in [0.29, 0.717) is 59.7 Å². The van der Waals surface area contributed by atoms with E-state index in [2.05, 4.69) is 15.3 Å². The van der Waals surface area contributed by atoms with Gasteiger partial charge in [-0.25, -0.2) is 19.3 Å². The summed E-state index contributed by atoms with van der Waals surface area (Å²) in [6, 6.07) is 22.3. The summed E-state index contributed by atoms with van der Waals surface area (Å²) >= 11 is 0. The first-order chi connectivity index (χ1) is 20.5. The number of aromatic hydroxyl groups is 1. The zero-order chi connectivity index (χ0) is 29.1. The van der Waals surface area contributed by atoms with Gasteiger partial charge < -0.3 is 16.2 Å². The highest BCUT2D eigenvalue weighted by molar-refractivity contribution is 5.84.